The van der Waals surface area contributed by atoms with E-state index in [-0.39, 0.29) is 5.56 Å². The van der Waals surface area contributed by atoms with Crippen LogP contribution in [0.25, 0.3) is 31.8 Å². The smallest absolute Gasteiger partial charge is 0.269 e. The van der Waals surface area contributed by atoms with E-state index in [1.807, 2.05) is 37.3 Å². The number of benzene rings is 1. The summed E-state index contributed by atoms with van der Waals surface area (Å²) in [6.45, 7) is 1.92. The molecule has 0 bridgehead atoms. The Balaban J connectivity index is 2.12. The summed E-state index contributed by atoms with van der Waals surface area (Å²) in [6, 6.07) is 9.78. The second-order valence-corrected chi connectivity index (χ2v) is 6.30. The van der Waals surface area contributed by atoms with Crippen molar-refractivity contribution in [2.24, 2.45) is 0 Å². The van der Waals surface area contributed by atoms with Gasteiger partial charge in [-0.15, -0.1) is 11.3 Å². The first-order valence-corrected chi connectivity index (χ1v) is 7.85. The number of nitrogens with one attached hydrogen (secondary N) is 2. The zero-order chi connectivity index (χ0) is 15.3. The number of aromatic amines is 2. The Labute approximate surface area is 133 Å². The van der Waals surface area contributed by atoms with Crippen LogP contribution in [0.4, 0.5) is 0 Å². The highest BCUT2D eigenvalue weighted by molar-refractivity contribution is 7.71. The van der Waals surface area contributed by atoms with Crippen molar-refractivity contribution >= 4 is 44.0 Å². The number of hydrogen-bond acceptors (Lipinski definition) is 5. The summed E-state index contributed by atoms with van der Waals surface area (Å²) in [6.07, 6.45) is 0. The molecule has 0 aliphatic heterocycles. The summed E-state index contributed by atoms with van der Waals surface area (Å²) in [7, 11) is 0. The predicted molar refractivity (Wildman–Crippen MR) is 90.9 cm³/mol. The van der Waals surface area contributed by atoms with E-state index in [1.54, 1.807) is 0 Å². The van der Waals surface area contributed by atoms with Gasteiger partial charge in [-0.05, 0) is 19.1 Å². The molecule has 0 unspecified atom stereocenters. The van der Waals surface area contributed by atoms with Gasteiger partial charge in [-0.3, -0.25) is 9.78 Å². The van der Waals surface area contributed by atoms with Crippen LogP contribution in [0.2, 0.25) is 0 Å². The molecule has 0 fully saturated rings. The maximum Gasteiger partial charge on any atom is 0.269 e. The SMILES string of the molecule is Cc1nc(-c2ccccc2)nc2sc3c(=O)[nH]c(=S)[nH]c3c12. The first kappa shape index (κ1) is 13.3. The van der Waals surface area contributed by atoms with Crippen LogP contribution in [0.3, 0.4) is 0 Å². The number of thiophene rings is 1. The van der Waals surface area contributed by atoms with Crippen molar-refractivity contribution in [3.63, 3.8) is 0 Å². The molecule has 108 valence electrons. The van der Waals surface area contributed by atoms with Crippen molar-refractivity contribution in [3.05, 3.63) is 51.2 Å². The molecule has 0 aliphatic rings. The molecule has 0 aliphatic carbocycles. The fourth-order valence-corrected chi connectivity index (χ4v) is 3.74. The van der Waals surface area contributed by atoms with E-state index in [0.717, 1.165) is 21.5 Å². The van der Waals surface area contributed by atoms with Gasteiger partial charge in [-0.2, -0.15) is 0 Å². The zero-order valence-corrected chi connectivity index (χ0v) is 13.1. The van der Waals surface area contributed by atoms with Gasteiger partial charge >= 0.3 is 0 Å². The minimum Gasteiger partial charge on any atom is -0.330 e. The van der Waals surface area contributed by atoms with Gasteiger partial charge in [-0.1, -0.05) is 30.3 Å². The number of hydrogen-bond donors (Lipinski definition) is 2. The molecule has 4 rings (SSSR count). The van der Waals surface area contributed by atoms with Gasteiger partial charge in [0.1, 0.15) is 9.53 Å². The van der Waals surface area contributed by atoms with Crippen LogP contribution in [0.15, 0.2) is 35.1 Å². The summed E-state index contributed by atoms with van der Waals surface area (Å²) in [4.78, 5) is 27.7. The van der Waals surface area contributed by atoms with Gasteiger partial charge < -0.3 is 4.98 Å². The van der Waals surface area contributed by atoms with Crippen molar-refractivity contribution in [1.82, 2.24) is 19.9 Å². The van der Waals surface area contributed by atoms with E-state index < -0.39 is 0 Å². The molecule has 22 heavy (non-hydrogen) atoms. The molecule has 7 heteroatoms. The normalized spacial score (nSPS) is 11.3. The van der Waals surface area contributed by atoms with Crippen molar-refractivity contribution < 1.29 is 0 Å². The van der Waals surface area contributed by atoms with Crippen LogP contribution in [-0.4, -0.2) is 19.9 Å². The third-order valence-electron chi connectivity index (χ3n) is 3.44. The van der Waals surface area contributed by atoms with Crippen molar-refractivity contribution in [2.45, 2.75) is 6.92 Å². The Morgan fingerprint density at radius 1 is 1.14 bits per heavy atom. The number of fused-ring (bicyclic) bond motifs is 3. The van der Waals surface area contributed by atoms with Gasteiger partial charge in [0.25, 0.3) is 5.56 Å². The molecular formula is C15H10N4OS2. The summed E-state index contributed by atoms with van der Waals surface area (Å²) in [5, 5.41) is 0.858. The Kier molecular flexibility index (Phi) is 2.91. The maximum atomic E-state index is 12.1. The highest BCUT2D eigenvalue weighted by atomic mass is 32.1. The average molecular weight is 326 g/mol. The van der Waals surface area contributed by atoms with Gasteiger partial charge in [0.2, 0.25) is 0 Å². The van der Waals surface area contributed by atoms with E-state index in [4.69, 9.17) is 12.2 Å². The summed E-state index contributed by atoms with van der Waals surface area (Å²) in [5.74, 6) is 0.659. The number of aromatic nitrogens is 4. The molecule has 0 radical (unpaired) electrons. The van der Waals surface area contributed by atoms with Crippen LogP contribution in [0.5, 0.6) is 0 Å². The first-order valence-electron chi connectivity index (χ1n) is 6.62. The molecule has 0 saturated carbocycles. The van der Waals surface area contributed by atoms with Gasteiger partial charge in [0.05, 0.1) is 16.6 Å². The monoisotopic (exact) mass is 326 g/mol. The average Bonchev–Trinajstić information content (AvgIpc) is 2.87. The Bertz CT molecular complexity index is 1130. The number of H-pyrrole nitrogens is 2. The molecule has 5 nitrogen and oxygen atoms in total. The highest BCUT2D eigenvalue weighted by Crippen LogP contribution is 2.32. The quantitative estimate of drug-likeness (QED) is 0.524. The lowest BCUT2D eigenvalue weighted by atomic mass is 10.2. The molecule has 0 saturated heterocycles. The number of rotatable bonds is 1. The van der Waals surface area contributed by atoms with Crippen molar-refractivity contribution in [3.8, 4) is 11.4 Å². The summed E-state index contributed by atoms with van der Waals surface area (Å²) < 4.78 is 0.898. The standard InChI is InChI=1S/C15H10N4OS2/c1-7-9-10-11(13(20)19-15(21)17-10)22-14(9)18-12(16-7)8-5-3-2-4-6-8/h2-6H,1H3,(H2,17,19,20,21). The van der Waals surface area contributed by atoms with E-state index in [1.165, 1.54) is 11.3 Å². The third-order valence-corrected chi connectivity index (χ3v) is 4.72. The Morgan fingerprint density at radius 2 is 1.91 bits per heavy atom. The van der Waals surface area contributed by atoms with Crippen molar-refractivity contribution in [2.75, 3.05) is 0 Å². The highest BCUT2D eigenvalue weighted by Gasteiger charge is 2.15. The lowest BCUT2D eigenvalue weighted by molar-refractivity contribution is 1.14. The fraction of sp³-hybridized carbons (Fsp3) is 0.0667. The van der Waals surface area contributed by atoms with E-state index >= 15 is 0 Å². The molecule has 3 aromatic heterocycles. The number of nitrogens with zero attached hydrogens (tertiary/aromatic N) is 2. The minimum absolute atomic E-state index is 0.192. The molecule has 0 atom stereocenters. The Hall–Kier alpha value is -2.38. The number of aryl methyl sites for hydroxylation is 1. The van der Waals surface area contributed by atoms with Crippen LogP contribution in [0.1, 0.15) is 5.69 Å². The maximum absolute atomic E-state index is 12.1. The molecule has 3 heterocycles. The largest absolute Gasteiger partial charge is 0.330 e. The van der Waals surface area contributed by atoms with Gasteiger partial charge in [0, 0.05) is 5.56 Å². The molecule has 4 aromatic rings. The lowest BCUT2D eigenvalue weighted by Gasteiger charge is -2.02. The summed E-state index contributed by atoms with van der Waals surface area (Å²) in [5.41, 5.74) is 2.30. The second-order valence-electron chi connectivity index (χ2n) is 4.89. The van der Waals surface area contributed by atoms with Gasteiger partial charge in [0.15, 0.2) is 10.6 Å². The van der Waals surface area contributed by atoms with E-state index in [2.05, 4.69) is 19.9 Å². The van der Waals surface area contributed by atoms with Crippen molar-refractivity contribution in [1.29, 1.82) is 0 Å². The van der Waals surface area contributed by atoms with Crippen LogP contribution in [0, 0.1) is 11.7 Å². The molecule has 0 spiro atoms. The fourth-order valence-electron chi connectivity index (χ4n) is 2.47. The minimum atomic E-state index is -0.192. The molecular weight excluding hydrogens is 316 g/mol. The topological polar surface area (TPSA) is 74.4 Å². The summed E-state index contributed by atoms with van der Waals surface area (Å²) >= 11 is 6.40. The van der Waals surface area contributed by atoms with E-state index in [0.29, 0.717) is 20.8 Å². The molecule has 1 aromatic carbocycles. The van der Waals surface area contributed by atoms with E-state index in [9.17, 15) is 4.79 Å². The van der Waals surface area contributed by atoms with Gasteiger partial charge in [-0.25, -0.2) is 9.97 Å². The lowest BCUT2D eigenvalue weighted by Crippen LogP contribution is -2.05. The van der Waals surface area contributed by atoms with Crippen LogP contribution in [-0.2, 0) is 0 Å². The van der Waals surface area contributed by atoms with Crippen LogP contribution < -0.4 is 5.56 Å². The first-order chi connectivity index (χ1) is 10.6. The molecule has 0 amide bonds. The molecule has 2 N–H and O–H groups in total. The predicted octanol–water partition coefficient (Wildman–Crippen LogP) is 3.57. The zero-order valence-electron chi connectivity index (χ0n) is 11.5. The third kappa shape index (κ3) is 1.98. The second kappa shape index (κ2) is 4.82. The Morgan fingerprint density at radius 3 is 2.68 bits per heavy atom. The van der Waals surface area contributed by atoms with Crippen LogP contribution >= 0.6 is 23.6 Å².